The fourth-order valence-corrected chi connectivity index (χ4v) is 4.02. The first kappa shape index (κ1) is 19.9. The molecule has 0 amide bonds. The van der Waals surface area contributed by atoms with E-state index < -0.39 is 5.78 Å². The highest BCUT2D eigenvalue weighted by Gasteiger charge is 2.31. The van der Waals surface area contributed by atoms with E-state index in [1.807, 2.05) is 0 Å². The summed E-state index contributed by atoms with van der Waals surface area (Å²) in [5, 5.41) is 10.1. The van der Waals surface area contributed by atoms with Crippen LogP contribution in [0.25, 0.3) is 0 Å². The van der Waals surface area contributed by atoms with Gasteiger partial charge in [-0.2, -0.15) is 0 Å². The molecule has 146 valence electrons. The summed E-state index contributed by atoms with van der Waals surface area (Å²) in [6, 6.07) is 6.76. The number of ketones is 2. The van der Waals surface area contributed by atoms with Crippen LogP contribution in [0.2, 0.25) is 0 Å². The number of benzene rings is 1. The summed E-state index contributed by atoms with van der Waals surface area (Å²) < 4.78 is 0. The van der Waals surface area contributed by atoms with Crippen molar-refractivity contribution in [2.24, 2.45) is 5.92 Å². The molecule has 0 bridgehead atoms. The van der Waals surface area contributed by atoms with Crippen molar-refractivity contribution in [3.05, 3.63) is 46.7 Å². The number of aliphatic hydroxyl groups is 1. The molecule has 2 aliphatic rings. The molecule has 3 heteroatoms. The molecule has 1 fully saturated rings. The van der Waals surface area contributed by atoms with Crippen molar-refractivity contribution in [2.75, 3.05) is 0 Å². The van der Waals surface area contributed by atoms with E-state index in [1.165, 1.54) is 57.8 Å². The second kappa shape index (κ2) is 9.87. The monoisotopic (exact) mass is 368 g/mol. The standard InChI is InChI=1S/C24H32O3/c25-22-19-13-10-11-14-20(19)23(26)24(27)21(22)15-9-7-5-3-1-2-4-6-8-12-18-16-17-18/h10-11,13-14,18,27H,1-9,12,15-17H2. The minimum atomic E-state index is -0.415. The zero-order chi connectivity index (χ0) is 19.1. The van der Waals surface area contributed by atoms with E-state index in [0.717, 1.165) is 25.2 Å². The van der Waals surface area contributed by atoms with Gasteiger partial charge in [-0.15, -0.1) is 0 Å². The number of hydrogen-bond donors (Lipinski definition) is 1. The Morgan fingerprint density at radius 1 is 0.741 bits per heavy atom. The Morgan fingerprint density at radius 3 is 1.85 bits per heavy atom. The van der Waals surface area contributed by atoms with Crippen LogP contribution >= 0.6 is 0 Å². The van der Waals surface area contributed by atoms with Crippen LogP contribution < -0.4 is 0 Å². The number of allylic oxidation sites excluding steroid dienone is 2. The smallest absolute Gasteiger partial charge is 0.228 e. The molecule has 2 aliphatic carbocycles. The van der Waals surface area contributed by atoms with E-state index in [-0.39, 0.29) is 11.5 Å². The van der Waals surface area contributed by atoms with Crippen LogP contribution in [0.1, 0.15) is 104 Å². The molecule has 3 rings (SSSR count). The third-order valence-electron chi connectivity index (χ3n) is 5.93. The van der Waals surface area contributed by atoms with Gasteiger partial charge in [-0.1, -0.05) is 94.9 Å². The van der Waals surface area contributed by atoms with Crippen molar-refractivity contribution >= 4 is 11.6 Å². The molecular formula is C24H32O3. The van der Waals surface area contributed by atoms with Gasteiger partial charge in [0.1, 0.15) is 0 Å². The topological polar surface area (TPSA) is 54.4 Å². The normalized spacial score (nSPS) is 16.7. The SMILES string of the molecule is O=C1C(O)=C(CCCCCCCCCCCC2CC2)C(=O)c2ccccc21. The van der Waals surface area contributed by atoms with Crippen LogP contribution in [0.3, 0.4) is 0 Å². The maximum Gasteiger partial charge on any atom is 0.228 e. The van der Waals surface area contributed by atoms with Gasteiger partial charge in [0.25, 0.3) is 0 Å². The van der Waals surface area contributed by atoms with Crippen LogP contribution in [0.15, 0.2) is 35.6 Å². The van der Waals surface area contributed by atoms with Crippen LogP contribution in [-0.2, 0) is 0 Å². The van der Waals surface area contributed by atoms with E-state index >= 15 is 0 Å². The van der Waals surface area contributed by atoms with Gasteiger partial charge in [0.2, 0.25) is 5.78 Å². The number of Topliss-reactive ketones (excluding diaryl/α,β-unsaturated/α-hetero) is 2. The second-order valence-corrected chi connectivity index (χ2v) is 8.20. The lowest BCUT2D eigenvalue weighted by molar-refractivity contribution is 0.0926. The van der Waals surface area contributed by atoms with E-state index in [4.69, 9.17) is 0 Å². The largest absolute Gasteiger partial charge is 0.504 e. The van der Waals surface area contributed by atoms with Gasteiger partial charge in [0.05, 0.1) is 0 Å². The summed E-state index contributed by atoms with van der Waals surface area (Å²) >= 11 is 0. The molecule has 0 heterocycles. The molecule has 3 nitrogen and oxygen atoms in total. The number of aliphatic hydroxyl groups excluding tert-OH is 1. The van der Waals surface area contributed by atoms with Gasteiger partial charge in [-0.3, -0.25) is 9.59 Å². The van der Waals surface area contributed by atoms with Crippen LogP contribution in [0.5, 0.6) is 0 Å². The van der Waals surface area contributed by atoms with Gasteiger partial charge in [0, 0.05) is 16.7 Å². The summed E-state index contributed by atoms with van der Waals surface area (Å²) in [6.45, 7) is 0. The van der Waals surface area contributed by atoms with Gasteiger partial charge in [-0.05, 0) is 18.8 Å². The number of hydrogen-bond acceptors (Lipinski definition) is 3. The molecule has 0 unspecified atom stereocenters. The maximum absolute atomic E-state index is 12.5. The van der Waals surface area contributed by atoms with E-state index in [2.05, 4.69) is 0 Å². The highest BCUT2D eigenvalue weighted by atomic mass is 16.3. The Balaban J connectivity index is 1.29. The van der Waals surface area contributed by atoms with Gasteiger partial charge < -0.3 is 5.11 Å². The van der Waals surface area contributed by atoms with Gasteiger partial charge >= 0.3 is 0 Å². The van der Waals surface area contributed by atoms with Crippen LogP contribution in [0, 0.1) is 5.92 Å². The fourth-order valence-electron chi connectivity index (χ4n) is 4.02. The van der Waals surface area contributed by atoms with Crippen LogP contribution in [0.4, 0.5) is 0 Å². The zero-order valence-electron chi connectivity index (χ0n) is 16.3. The predicted octanol–water partition coefficient (Wildman–Crippen LogP) is 6.58. The Labute approximate surface area is 162 Å². The van der Waals surface area contributed by atoms with Crippen molar-refractivity contribution in [3.8, 4) is 0 Å². The van der Waals surface area contributed by atoms with Crippen molar-refractivity contribution in [3.63, 3.8) is 0 Å². The molecule has 0 radical (unpaired) electrons. The number of fused-ring (bicyclic) bond motifs is 1. The van der Waals surface area contributed by atoms with E-state index in [1.54, 1.807) is 24.3 Å². The number of rotatable bonds is 12. The molecule has 0 aliphatic heterocycles. The average molecular weight is 369 g/mol. The molecule has 0 spiro atoms. The molecule has 1 aromatic carbocycles. The lowest BCUT2D eigenvalue weighted by Gasteiger charge is -2.17. The first-order chi connectivity index (χ1) is 13.2. The molecule has 1 aromatic rings. The minimum absolute atomic E-state index is 0.186. The highest BCUT2D eigenvalue weighted by molar-refractivity contribution is 6.25. The highest BCUT2D eigenvalue weighted by Crippen LogP contribution is 2.34. The summed E-state index contributed by atoms with van der Waals surface area (Å²) in [5.41, 5.74) is 1.05. The first-order valence-corrected chi connectivity index (χ1v) is 10.8. The third-order valence-corrected chi connectivity index (χ3v) is 5.93. The molecule has 1 saturated carbocycles. The third kappa shape index (κ3) is 5.54. The predicted molar refractivity (Wildman–Crippen MR) is 108 cm³/mol. The number of unbranched alkanes of at least 4 members (excludes halogenated alkanes) is 8. The summed E-state index contributed by atoms with van der Waals surface area (Å²) in [5.74, 6) is 0.125. The first-order valence-electron chi connectivity index (χ1n) is 10.8. The van der Waals surface area contributed by atoms with Crippen molar-refractivity contribution in [1.29, 1.82) is 0 Å². The fraction of sp³-hybridized carbons (Fsp3) is 0.583. The second-order valence-electron chi connectivity index (χ2n) is 8.20. The summed E-state index contributed by atoms with van der Waals surface area (Å²) in [7, 11) is 0. The van der Waals surface area contributed by atoms with E-state index in [0.29, 0.717) is 23.1 Å². The molecule has 0 aromatic heterocycles. The molecular weight excluding hydrogens is 336 g/mol. The lowest BCUT2D eigenvalue weighted by atomic mass is 9.86. The summed E-state index contributed by atoms with van der Waals surface area (Å²) in [4.78, 5) is 24.8. The Bertz CT molecular complexity index is 697. The van der Waals surface area contributed by atoms with Crippen molar-refractivity contribution in [1.82, 2.24) is 0 Å². The number of carbonyl (C=O) groups excluding carboxylic acids is 2. The summed E-state index contributed by atoms with van der Waals surface area (Å²) in [6.07, 6.45) is 16.0. The van der Waals surface area contributed by atoms with Gasteiger partial charge in [0.15, 0.2) is 11.5 Å². The van der Waals surface area contributed by atoms with Gasteiger partial charge in [-0.25, -0.2) is 0 Å². The minimum Gasteiger partial charge on any atom is -0.504 e. The Morgan fingerprint density at radius 2 is 1.26 bits per heavy atom. The van der Waals surface area contributed by atoms with Crippen molar-refractivity contribution < 1.29 is 14.7 Å². The lowest BCUT2D eigenvalue weighted by Crippen LogP contribution is -2.22. The Kier molecular flexibility index (Phi) is 7.25. The van der Waals surface area contributed by atoms with Crippen molar-refractivity contribution in [2.45, 2.75) is 83.5 Å². The molecule has 27 heavy (non-hydrogen) atoms. The average Bonchev–Trinajstić information content (AvgIpc) is 3.51. The zero-order valence-corrected chi connectivity index (χ0v) is 16.3. The van der Waals surface area contributed by atoms with Crippen LogP contribution in [-0.4, -0.2) is 16.7 Å². The Hall–Kier alpha value is -1.90. The molecule has 0 saturated heterocycles. The quantitative estimate of drug-likeness (QED) is 0.424. The molecule has 1 N–H and O–H groups in total. The molecule has 0 atom stereocenters. The maximum atomic E-state index is 12.5. The van der Waals surface area contributed by atoms with E-state index in [9.17, 15) is 14.7 Å². The number of carbonyl (C=O) groups is 2.